The van der Waals surface area contributed by atoms with Crippen molar-refractivity contribution in [2.24, 2.45) is 0 Å². The predicted octanol–water partition coefficient (Wildman–Crippen LogP) is 3.45. The first-order valence-corrected chi connectivity index (χ1v) is 6.87. The summed E-state index contributed by atoms with van der Waals surface area (Å²) >= 11 is 0. The number of pyridine rings is 1. The van der Waals surface area contributed by atoms with Gasteiger partial charge in [-0.2, -0.15) is 0 Å². The van der Waals surface area contributed by atoms with Gasteiger partial charge < -0.3 is 15.6 Å². The van der Waals surface area contributed by atoms with Gasteiger partial charge in [0.15, 0.2) is 0 Å². The first-order valence-electron chi connectivity index (χ1n) is 6.87. The number of aromatic nitrogens is 1. The highest BCUT2D eigenvalue weighted by Crippen LogP contribution is 2.26. The standard InChI is InChI=1S/C17H14N3O2/c21-17(19-12-13-5-4-10-18-11-13)20(22)16-9-3-7-14-6-1-2-8-15(14)16/h1-11H,12H2,(H,19,21)/q-1. The Kier molecular flexibility index (Phi) is 3.98. The van der Waals surface area contributed by atoms with Crippen LogP contribution in [0.25, 0.3) is 10.8 Å². The lowest BCUT2D eigenvalue weighted by atomic mass is 10.1. The molecule has 0 saturated heterocycles. The highest BCUT2D eigenvalue weighted by Gasteiger charge is 2.08. The summed E-state index contributed by atoms with van der Waals surface area (Å²) < 4.78 is 0. The highest BCUT2D eigenvalue weighted by molar-refractivity contribution is 6.03. The summed E-state index contributed by atoms with van der Waals surface area (Å²) in [6.45, 7) is 0.260. The molecule has 0 spiro atoms. The van der Waals surface area contributed by atoms with Crippen LogP contribution in [-0.2, 0) is 6.54 Å². The van der Waals surface area contributed by atoms with Crippen LogP contribution < -0.4 is 10.4 Å². The molecule has 0 bridgehead atoms. The molecule has 5 nitrogen and oxygen atoms in total. The number of carbonyl (C=O) groups excluding carboxylic acids is 1. The van der Waals surface area contributed by atoms with Crippen LogP contribution in [0, 0.1) is 5.21 Å². The van der Waals surface area contributed by atoms with Gasteiger partial charge in [0.2, 0.25) is 0 Å². The van der Waals surface area contributed by atoms with Crippen molar-refractivity contribution in [3.63, 3.8) is 0 Å². The molecule has 3 aromatic rings. The van der Waals surface area contributed by atoms with Crippen LogP contribution in [0.15, 0.2) is 67.0 Å². The van der Waals surface area contributed by atoms with Crippen molar-refractivity contribution in [3.8, 4) is 0 Å². The van der Waals surface area contributed by atoms with Crippen LogP contribution in [0.1, 0.15) is 5.56 Å². The molecule has 5 heteroatoms. The topological polar surface area (TPSA) is 68.3 Å². The molecule has 0 radical (unpaired) electrons. The van der Waals surface area contributed by atoms with Gasteiger partial charge >= 0.3 is 6.03 Å². The Hall–Kier alpha value is -2.92. The van der Waals surface area contributed by atoms with Gasteiger partial charge in [-0.15, -0.1) is 0 Å². The van der Waals surface area contributed by atoms with Gasteiger partial charge in [0.05, 0.1) is 0 Å². The van der Waals surface area contributed by atoms with E-state index >= 15 is 0 Å². The largest absolute Gasteiger partial charge is 0.750 e. The SMILES string of the molecule is O=C(NCc1cccnc1)N([O-])c1cccc2ccccc12. The predicted molar refractivity (Wildman–Crippen MR) is 86.3 cm³/mol. The average Bonchev–Trinajstić information content (AvgIpc) is 2.59. The maximum atomic E-state index is 12.3. The molecule has 1 aromatic heterocycles. The van der Waals surface area contributed by atoms with E-state index in [9.17, 15) is 10.0 Å². The molecule has 110 valence electrons. The van der Waals surface area contributed by atoms with E-state index in [-0.39, 0.29) is 6.54 Å². The highest BCUT2D eigenvalue weighted by atomic mass is 16.5. The van der Waals surface area contributed by atoms with Crippen molar-refractivity contribution in [1.82, 2.24) is 10.3 Å². The van der Waals surface area contributed by atoms with Crippen LogP contribution in [0.3, 0.4) is 0 Å². The molecule has 22 heavy (non-hydrogen) atoms. The maximum Gasteiger partial charge on any atom is 0.311 e. The fourth-order valence-electron chi connectivity index (χ4n) is 2.25. The minimum Gasteiger partial charge on any atom is -0.750 e. The molecule has 2 aromatic carbocycles. The number of urea groups is 1. The number of hydrogen-bond donors (Lipinski definition) is 1. The van der Waals surface area contributed by atoms with Crippen molar-refractivity contribution in [2.45, 2.75) is 6.54 Å². The van der Waals surface area contributed by atoms with E-state index in [0.717, 1.165) is 16.3 Å². The van der Waals surface area contributed by atoms with E-state index in [1.807, 2.05) is 36.4 Å². The molecule has 0 aliphatic carbocycles. The first-order chi connectivity index (χ1) is 10.8. The number of nitrogens with zero attached hydrogens (tertiary/aromatic N) is 2. The summed E-state index contributed by atoms with van der Waals surface area (Å²) in [5, 5.41) is 16.9. The fraction of sp³-hybridized carbons (Fsp3) is 0.0588. The molecule has 0 atom stereocenters. The van der Waals surface area contributed by atoms with E-state index in [4.69, 9.17) is 0 Å². The third kappa shape index (κ3) is 2.89. The van der Waals surface area contributed by atoms with Gasteiger partial charge in [-0.05, 0) is 23.1 Å². The number of nitrogens with one attached hydrogen (secondary N) is 1. The zero-order chi connectivity index (χ0) is 15.4. The lowest BCUT2D eigenvalue weighted by Gasteiger charge is -2.29. The molecule has 3 rings (SSSR count). The van der Waals surface area contributed by atoms with Gasteiger partial charge in [0, 0.05) is 30.0 Å². The van der Waals surface area contributed by atoms with E-state index in [0.29, 0.717) is 10.8 Å². The van der Waals surface area contributed by atoms with Crippen molar-refractivity contribution in [1.29, 1.82) is 0 Å². The monoisotopic (exact) mass is 292 g/mol. The van der Waals surface area contributed by atoms with Gasteiger partial charge in [-0.1, -0.05) is 42.5 Å². The second-order valence-electron chi connectivity index (χ2n) is 4.81. The third-order valence-corrected chi connectivity index (χ3v) is 3.34. The van der Waals surface area contributed by atoms with Gasteiger partial charge in [0.1, 0.15) is 0 Å². The summed E-state index contributed by atoms with van der Waals surface area (Å²) in [4.78, 5) is 16.0. The molecule has 2 amide bonds. The summed E-state index contributed by atoms with van der Waals surface area (Å²) in [5.74, 6) is 0. The van der Waals surface area contributed by atoms with E-state index in [2.05, 4.69) is 10.3 Å². The zero-order valence-electron chi connectivity index (χ0n) is 11.8. The van der Waals surface area contributed by atoms with Crippen LogP contribution >= 0.6 is 0 Å². The summed E-state index contributed by atoms with van der Waals surface area (Å²) in [6.07, 6.45) is 3.30. The minimum absolute atomic E-state index is 0.260. The smallest absolute Gasteiger partial charge is 0.311 e. The number of benzene rings is 2. The minimum atomic E-state index is -0.694. The van der Waals surface area contributed by atoms with Crippen molar-refractivity contribution in [3.05, 3.63) is 77.8 Å². The molecule has 0 aliphatic heterocycles. The van der Waals surface area contributed by atoms with Crippen molar-refractivity contribution >= 4 is 22.5 Å². The molecule has 1 heterocycles. The molecule has 0 aliphatic rings. The van der Waals surface area contributed by atoms with Gasteiger partial charge in [-0.3, -0.25) is 4.98 Å². The first kappa shape index (κ1) is 14.0. The van der Waals surface area contributed by atoms with E-state index < -0.39 is 6.03 Å². The van der Waals surface area contributed by atoms with Gasteiger partial charge in [0.25, 0.3) is 0 Å². The number of amides is 2. The Bertz CT molecular complexity index is 785. The number of hydrogen-bond acceptors (Lipinski definition) is 3. The Balaban J connectivity index is 1.77. The number of rotatable bonds is 3. The van der Waals surface area contributed by atoms with E-state index in [1.54, 1.807) is 30.6 Å². The Morgan fingerprint density at radius 2 is 1.91 bits per heavy atom. The quantitative estimate of drug-likeness (QED) is 0.752. The van der Waals surface area contributed by atoms with Crippen molar-refractivity contribution < 1.29 is 4.79 Å². The maximum absolute atomic E-state index is 12.3. The van der Waals surface area contributed by atoms with E-state index in [1.165, 1.54) is 0 Å². The summed E-state index contributed by atoms with van der Waals surface area (Å²) in [7, 11) is 0. The fourth-order valence-corrected chi connectivity index (χ4v) is 2.25. The van der Waals surface area contributed by atoms with Crippen LogP contribution in [-0.4, -0.2) is 11.0 Å². The van der Waals surface area contributed by atoms with Crippen LogP contribution in [0.2, 0.25) is 0 Å². The summed E-state index contributed by atoms with van der Waals surface area (Å²) in [5.41, 5.74) is 1.17. The second kappa shape index (κ2) is 6.24. The summed E-state index contributed by atoms with van der Waals surface area (Å²) in [6, 6.07) is 15.7. The van der Waals surface area contributed by atoms with Crippen molar-refractivity contribution in [2.75, 3.05) is 5.06 Å². The van der Waals surface area contributed by atoms with Crippen LogP contribution in [0.4, 0.5) is 10.5 Å². The molecule has 0 unspecified atom stereocenters. The number of anilines is 1. The molecule has 0 saturated carbocycles. The Morgan fingerprint density at radius 3 is 2.73 bits per heavy atom. The van der Waals surface area contributed by atoms with Crippen LogP contribution in [0.5, 0.6) is 0 Å². The number of carbonyl (C=O) groups is 1. The van der Waals surface area contributed by atoms with Gasteiger partial charge in [-0.25, -0.2) is 4.79 Å². The third-order valence-electron chi connectivity index (χ3n) is 3.34. The molecule has 1 N–H and O–H groups in total. The lowest BCUT2D eigenvalue weighted by Crippen LogP contribution is -2.35. The second-order valence-corrected chi connectivity index (χ2v) is 4.81. The molecular formula is C17H14N3O2-. The average molecular weight is 292 g/mol. The zero-order valence-corrected chi connectivity index (χ0v) is 11.8. The Morgan fingerprint density at radius 1 is 1.09 bits per heavy atom. The normalized spacial score (nSPS) is 10.4. The Labute approximate surface area is 127 Å². The molecule has 0 fully saturated rings. The number of hydroxylamine groups is 1. The number of fused-ring (bicyclic) bond motifs is 1. The lowest BCUT2D eigenvalue weighted by molar-refractivity contribution is 0.248. The molecular weight excluding hydrogens is 278 g/mol.